The van der Waals surface area contributed by atoms with Gasteiger partial charge in [0.1, 0.15) is 17.2 Å². The number of benzene rings is 5. The van der Waals surface area contributed by atoms with Crippen LogP contribution in [0.1, 0.15) is 7.43 Å². The van der Waals surface area contributed by atoms with Crippen LogP contribution in [0.15, 0.2) is 130 Å². The molecule has 5 nitrogen and oxygen atoms in total. The van der Waals surface area contributed by atoms with Gasteiger partial charge in [-0.25, -0.2) is 0 Å². The topological polar surface area (TPSA) is 68.2 Å². The van der Waals surface area contributed by atoms with Gasteiger partial charge >= 0.3 is 7.12 Å². The average molecular weight is 694 g/mol. The maximum absolute atomic E-state index is 8.70. The molecule has 218 valence electrons. The summed E-state index contributed by atoms with van der Waals surface area (Å²) in [5.41, 5.74) is 5.22. The molecular formula is C34H35BBr2O5. The summed E-state index contributed by atoms with van der Waals surface area (Å²) in [6, 6.07) is 39.2. The van der Waals surface area contributed by atoms with Crippen LogP contribution in [0.3, 0.4) is 0 Å². The van der Waals surface area contributed by atoms with Crippen molar-refractivity contribution in [1.82, 2.24) is 0 Å². The third-order valence-corrected chi connectivity index (χ3v) is 7.88. The summed E-state index contributed by atoms with van der Waals surface area (Å²) in [4.78, 5) is 0. The van der Waals surface area contributed by atoms with E-state index in [1.54, 1.807) is 45.6 Å². The first kappa shape index (κ1) is 34.6. The second kappa shape index (κ2) is 18.1. The lowest BCUT2D eigenvalue weighted by molar-refractivity contribution is 0.414. The fourth-order valence-electron chi connectivity index (χ4n) is 3.74. The van der Waals surface area contributed by atoms with Crippen LogP contribution in [0.4, 0.5) is 0 Å². The van der Waals surface area contributed by atoms with Crippen LogP contribution in [0.5, 0.6) is 17.2 Å². The number of methoxy groups -OCH3 is 3. The summed E-state index contributed by atoms with van der Waals surface area (Å²) in [6.45, 7) is 0. The Bertz CT molecular complexity index is 1390. The van der Waals surface area contributed by atoms with Gasteiger partial charge in [-0.1, -0.05) is 80.2 Å². The van der Waals surface area contributed by atoms with E-state index in [-0.39, 0.29) is 7.43 Å². The summed E-state index contributed by atoms with van der Waals surface area (Å²) in [6.07, 6.45) is 0. The highest BCUT2D eigenvalue weighted by molar-refractivity contribution is 9.13. The monoisotopic (exact) mass is 692 g/mol. The van der Waals surface area contributed by atoms with Crippen molar-refractivity contribution < 1.29 is 24.3 Å². The number of hydrogen-bond acceptors (Lipinski definition) is 5. The predicted molar refractivity (Wildman–Crippen MR) is 182 cm³/mol. The minimum Gasteiger partial charge on any atom is -0.497 e. The molecule has 8 heteroatoms. The van der Waals surface area contributed by atoms with Gasteiger partial charge in [0, 0.05) is 8.95 Å². The molecule has 0 bridgehead atoms. The molecule has 0 aliphatic heterocycles. The number of ether oxygens (including phenoxy) is 3. The quantitative estimate of drug-likeness (QED) is 0.175. The van der Waals surface area contributed by atoms with Crippen LogP contribution in [0.25, 0.3) is 22.3 Å². The van der Waals surface area contributed by atoms with Crippen molar-refractivity contribution in [2.75, 3.05) is 21.3 Å². The molecule has 0 unspecified atom stereocenters. The molecule has 0 spiro atoms. The molecule has 5 rings (SSSR count). The normalized spacial score (nSPS) is 9.60. The van der Waals surface area contributed by atoms with Gasteiger partial charge in [-0.3, -0.25) is 0 Å². The van der Waals surface area contributed by atoms with Gasteiger partial charge in [0.05, 0.1) is 21.3 Å². The third kappa shape index (κ3) is 10.4. The highest BCUT2D eigenvalue weighted by Crippen LogP contribution is 2.33. The smallest absolute Gasteiger partial charge is 0.488 e. The molecule has 0 aromatic heterocycles. The van der Waals surface area contributed by atoms with Crippen LogP contribution in [-0.4, -0.2) is 38.5 Å². The molecule has 0 amide bonds. The van der Waals surface area contributed by atoms with E-state index in [4.69, 9.17) is 24.3 Å². The number of hydrogen-bond donors (Lipinski definition) is 2. The summed E-state index contributed by atoms with van der Waals surface area (Å²) >= 11 is 6.70. The Morgan fingerprint density at radius 3 is 1.07 bits per heavy atom. The molecule has 0 aliphatic rings. The highest BCUT2D eigenvalue weighted by atomic mass is 79.9. The van der Waals surface area contributed by atoms with Gasteiger partial charge in [0.25, 0.3) is 0 Å². The summed E-state index contributed by atoms with van der Waals surface area (Å²) in [5.74, 6) is 2.44. The van der Waals surface area contributed by atoms with E-state index in [2.05, 4.69) is 80.4 Å². The Kier molecular flexibility index (Phi) is 14.9. The van der Waals surface area contributed by atoms with E-state index in [1.807, 2.05) is 48.5 Å². The van der Waals surface area contributed by atoms with Crippen LogP contribution in [-0.2, 0) is 0 Å². The third-order valence-electron chi connectivity index (χ3n) is 5.97. The minimum absolute atomic E-state index is 0. The van der Waals surface area contributed by atoms with Crippen molar-refractivity contribution >= 4 is 44.4 Å². The van der Waals surface area contributed by atoms with E-state index in [0.717, 1.165) is 20.4 Å². The lowest BCUT2D eigenvalue weighted by atomic mass is 9.80. The first-order valence-corrected chi connectivity index (χ1v) is 14.2. The largest absolute Gasteiger partial charge is 0.497 e. The van der Waals surface area contributed by atoms with Gasteiger partial charge in [-0.15, -0.1) is 0 Å². The molecular weight excluding hydrogens is 659 g/mol. The van der Waals surface area contributed by atoms with E-state index < -0.39 is 7.12 Å². The Hall–Kier alpha value is -3.56. The molecule has 0 saturated carbocycles. The van der Waals surface area contributed by atoms with Crippen LogP contribution in [0.2, 0.25) is 0 Å². The van der Waals surface area contributed by atoms with E-state index >= 15 is 0 Å². The van der Waals surface area contributed by atoms with Gasteiger partial charge in [-0.05, 0) is 108 Å². The molecule has 0 aliphatic carbocycles. The Labute approximate surface area is 266 Å². The standard InChI is InChI=1S/C20H18O2.C7H9BO3.C6H4Br2.CH4/c1-21-17-11-7-15(8-12-17)19-5-3-4-6-20(19)16-9-13-18(22-2)14-10-16;1-11-7-4-2-6(3-5-7)8(9)10;7-5-3-1-2-4-6(5)8;/h3-14H,1-2H3;2-5,9-10H,1H3;1-4H;1H4. The van der Waals surface area contributed by atoms with E-state index in [1.165, 1.54) is 22.3 Å². The van der Waals surface area contributed by atoms with E-state index in [0.29, 0.717) is 11.2 Å². The average Bonchev–Trinajstić information content (AvgIpc) is 3.03. The molecule has 5 aromatic carbocycles. The Morgan fingerprint density at radius 2 is 0.786 bits per heavy atom. The van der Waals surface area contributed by atoms with Crippen molar-refractivity contribution in [2.24, 2.45) is 0 Å². The van der Waals surface area contributed by atoms with Gasteiger partial charge < -0.3 is 24.3 Å². The maximum atomic E-state index is 8.70. The molecule has 0 saturated heterocycles. The van der Waals surface area contributed by atoms with Crippen molar-refractivity contribution in [1.29, 1.82) is 0 Å². The molecule has 5 aromatic rings. The zero-order chi connectivity index (χ0) is 29.6. The summed E-state index contributed by atoms with van der Waals surface area (Å²) in [7, 11) is 3.52. The number of rotatable bonds is 6. The predicted octanol–water partition coefficient (Wildman–Crippen LogP) is 8.26. The second-order valence-corrected chi connectivity index (χ2v) is 10.3. The maximum Gasteiger partial charge on any atom is 0.488 e. The molecule has 0 heterocycles. The fraction of sp³-hybridized carbons (Fsp3) is 0.118. The fourth-order valence-corrected chi connectivity index (χ4v) is 4.31. The van der Waals surface area contributed by atoms with Crippen LogP contribution in [0, 0.1) is 0 Å². The van der Waals surface area contributed by atoms with Crippen molar-refractivity contribution in [2.45, 2.75) is 7.43 Å². The van der Waals surface area contributed by atoms with Gasteiger partial charge in [0.15, 0.2) is 0 Å². The van der Waals surface area contributed by atoms with Crippen molar-refractivity contribution in [3.05, 3.63) is 130 Å². The molecule has 0 fully saturated rings. The van der Waals surface area contributed by atoms with Crippen LogP contribution < -0.4 is 19.7 Å². The number of halogens is 2. The molecule has 0 radical (unpaired) electrons. The summed E-state index contributed by atoms with van der Waals surface area (Å²) < 4.78 is 17.5. The van der Waals surface area contributed by atoms with Crippen molar-refractivity contribution in [3.63, 3.8) is 0 Å². The lowest BCUT2D eigenvalue weighted by Gasteiger charge is -2.11. The first-order chi connectivity index (χ1) is 19.9. The molecule has 0 atom stereocenters. The minimum atomic E-state index is -1.40. The Morgan fingerprint density at radius 1 is 0.476 bits per heavy atom. The zero-order valence-corrected chi connectivity index (χ0v) is 26.2. The zero-order valence-electron chi connectivity index (χ0n) is 23.0. The van der Waals surface area contributed by atoms with Crippen LogP contribution >= 0.6 is 31.9 Å². The van der Waals surface area contributed by atoms with Gasteiger partial charge in [0.2, 0.25) is 0 Å². The first-order valence-electron chi connectivity index (χ1n) is 12.6. The Balaban J connectivity index is 0.000000257. The highest BCUT2D eigenvalue weighted by Gasteiger charge is 2.09. The lowest BCUT2D eigenvalue weighted by Crippen LogP contribution is -2.29. The second-order valence-electron chi connectivity index (χ2n) is 8.56. The van der Waals surface area contributed by atoms with Gasteiger partial charge in [-0.2, -0.15) is 0 Å². The molecule has 42 heavy (non-hydrogen) atoms. The molecule has 2 N–H and O–H groups in total. The van der Waals surface area contributed by atoms with Crippen molar-refractivity contribution in [3.8, 4) is 39.5 Å². The SMILES string of the molecule is Brc1ccccc1Br.C.COc1ccc(-c2ccccc2-c2ccc(OC)cc2)cc1.COc1ccc(B(O)O)cc1. The van der Waals surface area contributed by atoms with E-state index in [9.17, 15) is 0 Å². The summed E-state index contributed by atoms with van der Waals surface area (Å²) in [5, 5.41) is 17.4.